The Morgan fingerprint density at radius 2 is 1.92 bits per heavy atom. The lowest BCUT2D eigenvalue weighted by molar-refractivity contribution is 0.243. The van der Waals surface area contributed by atoms with Crippen LogP contribution in [0.5, 0.6) is 0 Å². The molecule has 2 aromatic rings. The van der Waals surface area contributed by atoms with Crippen LogP contribution in [0.1, 0.15) is 42.5 Å². The first-order valence-corrected chi connectivity index (χ1v) is 9.24. The van der Waals surface area contributed by atoms with E-state index in [1.54, 1.807) is 0 Å². The smallest absolute Gasteiger partial charge is 0.224 e. The van der Waals surface area contributed by atoms with Crippen LogP contribution in [0, 0.1) is 0 Å². The summed E-state index contributed by atoms with van der Waals surface area (Å²) in [4.78, 5) is 11.7. The summed E-state index contributed by atoms with van der Waals surface area (Å²) in [5.74, 6) is 0.710. The molecule has 126 valence electrons. The molecule has 5 heteroatoms. The second-order valence-corrected chi connectivity index (χ2v) is 7.19. The van der Waals surface area contributed by atoms with Gasteiger partial charge in [0.2, 0.25) is 5.95 Å². The van der Waals surface area contributed by atoms with Gasteiger partial charge in [0, 0.05) is 37.7 Å². The average molecular weight is 343 g/mol. The Morgan fingerprint density at radius 3 is 2.71 bits per heavy atom. The van der Waals surface area contributed by atoms with Crippen molar-refractivity contribution in [1.82, 2.24) is 14.9 Å². The summed E-state index contributed by atoms with van der Waals surface area (Å²) in [5, 5.41) is 4.07. The van der Waals surface area contributed by atoms with Crippen LogP contribution < -0.4 is 5.32 Å². The predicted molar refractivity (Wildman–Crippen MR) is 97.2 cm³/mol. The van der Waals surface area contributed by atoms with Crippen LogP contribution in [0.3, 0.4) is 0 Å². The van der Waals surface area contributed by atoms with E-state index in [0.29, 0.717) is 17.1 Å². The highest BCUT2D eigenvalue weighted by Gasteiger charge is 2.23. The lowest BCUT2D eigenvalue weighted by Crippen LogP contribution is -2.31. The number of benzene rings is 1. The van der Waals surface area contributed by atoms with Crippen molar-refractivity contribution in [2.75, 3.05) is 11.9 Å². The van der Waals surface area contributed by atoms with E-state index < -0.39 is 0 Å². The number of hydrogen-bond donors (Lipinski definition) is 1. The molecule has 4 rings (SSSR count). The van der Waals surface area contributed by atoms with Gasteiger partial charge in [-0.15, -0.1) is 0 Å². The molecule has 2 heterocycles. The summed E-state index contributed by atoms with van der Waals surface area (Å²) >= 11 is 6.48. The van der Waals surface area contributed by atoms with Crippen molar-refractivity contribution in [3.05, 3.63) is 52.3 Å². The predicted octanol–water partition coefficient (Wildman–Crippen LogP) is 4.04. The second-order valence-electron chi connectivity index (χ2n) is 6.84. The van der Waals surface area contributed by atoms with Gasteiger partial charge in [0.15, 0.2) is 0 Å². The summed E-state index contributed by atoms with van der Waals surface area (Å²) < 4.78 is 0. The molecule has 24 heavy (non-hydrogen) atoms. The zero-order valence-corrected chi connectivity index (χ0v) is 14.6. The van der Waals surface area contributed by atoms with Gasteiger partial charge < -0.3 is 5.32 Å². The molecule has 0 bridgehead atoms. The lowest BCUT2D eigenvalue weighted by Gasteiger charge is -2.29. The van der Waals surface area contributed by atoms with Crippen LogP contribution in [0.15, 0.2) is 30.3 Å². The highest BCUT2D eigenvalue weighted by Crippen LogP contribution is 2.27. The largest absolute Gasteiger partial charge is 0.351 e. The molecule has 2 aliphatic rings. The topological polar surface area (TPSA) is 41.1 Å². The van der Waals surface area contributed by atoms with Gasteiger partial charge in [-0.3, -0.25) is 4.90 Å². The van der Waals surface area contributed by atoms with Crippen LogP contribution in [-0.4, -0.2) is 27.5 Å². The monoisotopic (exact) mass is 342 g/mol. The fourth-order valence-corrected chi connectivity index (χ4v) is 3.97. The van der Waals surface area contributed by atoms with E-state index in [-0.39, 0.29) is 0 Å². The van der Waals surface area contributed by atoms with Gasteiger partial charge in [0.25, 0.3) is 0 Å². The number of hydrogen-bond acceptors (Lipinski definition) is 4. The third-order valence-electron chi connectivity index (χ3n) is 5.03. The van der Waals surface area contributed by atoms with E-state index in [1.165, 1.54) is 31.2 Å². The molecule has 0 saturated heterocycles. The van der Waals surface area contributed by atoms with Gasteiger partial charge in [0.1, 0.15) is 5.15 Å². The molecule has 1 aliphatic carbocycles. The minimum atomic E-state index is 0.511. The van der Waals surface area contributed by atoms with Crippen molar-refractivity contribution in [2.45, 2.75) is 51.2 Å². The normalized spacial score (nSPS) is 18.5. The van der Waals surface area contributed by atoms with Gasteiger partial charge >= 0.3 is 0 Å². The van der Waals surface area contributed by atoms with E-state index in [4.69, 9.17) is 16.6 Å². The number of rotatable bonds is 4. The Kier molecular flexibility index (Phi) is 4.67. The van der Waals surface area contributed by atoms with Crippen LogP contribution in [0.25, 0.3) is 0 Å². The van der Waals surface area contributed by atoms with E-state index in [9.17, 15) is 0 Å². The summed E-state index contributed by atoms with van der Waals surface area (Å²) in [6.45, 7) is 2.78. The Bertz CT molecular complexity index is 698. The fraction of sp³-hybridized carbons (Fsp3) is 0.474. The minimum Gasteiger partial charge on any atom is -0.351 e. The Hall–Kier alpha value is -1.65. The summed E-state index contributed by atoms with van der Waals surface area (Å²) in [6.07, 6.45) is 5.95. The number of nitrogens with one attached hydrogen (secondary N) is 1. The summed E-state index contributed by atoms with van der Waals surface area (Å²) in [6, 6.07) is 11.1. The highest BCUT2D eigenvalue weighted by atomic mass is 35.5. The van der Waals surface area contributed by atoms with Crippen molar-refractivity contribution >= 4 is 17.5 Å². The lowest BCUT2D eigenvalue weighted by atomic mass is 10.1. The molecule has 1 fully saturated rings. The quantitative estimate of drug-likeness (QED) is 0.851. The minimum absolute atomic E-state index is 0.511. The van der Waals surface area contributed by atoms with E-state index in [1.807, 2.05) is 0 Å². The molecular weight excluding hydrogens is 320 g/mol. The number of nitrogens with zero attached hydrogens (tertiary/aromatic N) is 3. The molecule has 1 N–H and O–H groups in total. The van der Waals surface area contributed by atoms with Crippen LogP contribution >= 0.6 is 11.6 Å². The molecule has 1 saturated carbocycles. The molecule has 1 aromatic carbocycles. The van der Waals surface area contributed by atoms with Gasteiger partial charge in [-0.2, -0.15) is 0 Å². The number of anilines is 1. The van der Waals surface area contributed by atoms with Crippen molar-refractivity contribution in [2.24, 2.45) is 0 Å². The Labute approximate surface area is 148 Å². The van der Waals surface area contributed by atoms with Crippen molar-refractivity contribution in [1.29, 1.82) is 0 Å². The first-order valence-electron chi connectivity index (χ1n) is 8.86. The highest BCUT2D eigenvalue weighted by molar-refractivity contribution is 6.30. The molecular formula is C19H23ClN4. The van der Waals surface area contributed by atoms with Crippen molar-refractivity contribution < 1.29 is 0 Å². The standard InChI is InChI=1S/C19H23ClN4/c20-18-16-13-24(12-14-6-2-1-3-7-14)11-10-17(16)22-19(23-18)21-15-8-4-5-9-15/h1-3,6-7,15H,4-5,8-13H2,(H,21,22,23). The summed E-state index contributed by atoms with van der Waals surface area (Å²) in [7, 11) is 0. The van der Waals surface area contributed by atoms with Crippen molar-refractivity contribution in [3.63, 3.8) is 0 Å². The first-order chi connectivity index (χ1) is 11.8. The molecule has 0 radical (unpaired) electrons. The van der Waals surface area contributed by atoms with Gasteiger partial charge in [-0.25, -0.2) is 9.97 Å². The SMILES string of the molecule is Clc1nc(NC2CCCC2)nc2c1CN(Cc1ccccc1)CC2. The first kappa shape index (κ1) is 15.9. The van der Waals surface area contributed by atoms with Crippen LogP contribution in [-0.2, 0) is 19.5 Å². The molecule has 0 amide bonds. The third-order valence-corrected chi connectivity index (χ3v) is 5.34. The van der Waals surface area contributed by atoms with Gasteiger partial charge in [0.05, 0.1) is 5.69 Å². The fourth-order valence-electron chi connectivity index (χ4n) is 3.72. The van der Waals surface area contributed by atoms with Crippen molar-refractivity contribution in [3.8, 4) is 0 Å². The third kappa shape index (κ3) is 3.55. The maximum atomic E-state index is 6.48. The number of aromatic nitrogens is 2. The maximum Gasteiger partial charge on any atom is 0.224 e. The van der Waals surface area contributed by atoms with Crippen LogP contribution in [0.2, 0.25) is 5.15 Å². The Balaban J connectivity index is 1.47. The second kappa shape index (κ2) is 7.08. The maximum absolute atomic E-state index is 6.48. The van der Waals surface area contributed by atoms with Crippen LogP contribution in [0.4, 0.5) is 5.95 Å². The molecule has 1 aliphatic heterocycles. The average Bonchev–Trinajstić information content (AvgIpc) is 3.09. The van der Waals surface area contributed by atoms with E-state index in [2.05, 4.69) is 45.5 Å². The summed E-state index contributed by atoms with van der Waals surface area (Å²) in [5.41, 5.74) is 3.54. The molecule has 0 atom stereocenters. The molecule has 4 nitrogen and oxygen atoms in total. The molecule has 0 unspecified atom stereocenters. The van der Waals surface area contributed by atoms with Gasteiger partial charge in [-0.1, -0.05) is 54.8 Å². The molecule has 0 spiro atoms. The Morgan fingerprint density at radius 1 is 1.12 bits per heavy atom. The zero-order chi connectivity index (χ0) is 16.4. The van der Waals surface area contributed by atoms with E-state index >= 15 is 0 Å². The number of halogens is 1. The molecule has 1 aromatic heterocycles. The van der Waals surface area contributed by atoms with E-state index in [0.717, 1.165) is 37.3 Å². The number of fused-ring (bicyclic) bond motifs is 1. The zero-order valence-electron chi connectivity index (χ0n) is 13.8. The van der Waals surface area contributed by atoms with Gasteiger partial charge in [-0.05, 0) is 18.4 Å².